The molecule has 1 fully saturated rings. The number of likely N-dealkylation sites (tertiary alicyclic amines) is 1. The van der Waals surface area contributed by atoms with Gasteiger partial charge in [0.15, 0.2) is 0 Å². The molecule has 0 saturated carbocycles. The van der Waals surface area contributed by atoms with E-state index < -0.39 is 0 Å². The van der Waals surface area contributed by atoms with E-state index in [1.807, 2.05) is 53.4 Å². The van der Waals surface area contributed by atoms with Crippen LogP contribution < -0.4 is 14.8 Å². The average molecular weight is 370 g/mol. The minimum Gasteiger partial charge on any atom is -0.497 e. The van der Waals surface area contributed by atoms with Gasteiger partial charge in [0, 0.05) is 19.3 Å². The fourth-order valence-corrected chi connectivity index (χ4v) is 3.26. The van der Waals surface area contributed by atoms with Crippen LogP contribution in [0.1, 0.15) is 24.4 Å². The highest BCUT2D eigenvalue weighted by Crippen LogP contribution is 2.33. The summed E-state index contributed by atoms with van der Waals surface area (Å²) in [7, 11) is 3.29. The molecule has 144 valence electrons. The summed E-state index contributed by atoms with van der Waals surface area (Å²) >= 11 is 0. The third-order valence-corrected chi connectivity index (χ3v) is 4.68. The van der Waals surface area contributed by atoms with Gasteiger partial charge in [0.25, 0.3) is 0 Å². The molecule has 1 heterocycles. The molecule has 0 bridgehead atoms. The second-order valence-corrected chi connectivity index (χ2v) is 6.42. The maximum absolute atomic E-state index is 12.8. The quantitative estimate of drug-likeness (QED) is 0.746. The monoisotopic (exact) mass is 370 g/mol. The zero-order valence-electron chi connectivity index (χ0n) is 15.8. The van der Waals surface area contributed by atoms with E-state index in [-0.39, 0.29) is 12.1 Å². The van der Waals surface area contributed by atoms with Crippen LogP contribution in [0, 0.1) is 0 Å². The van der Waals surface area contributed by atoms with Gasteiger partial charge in [-0.1, -0.05) is 12.1 Å². The summed E-state index contributed by atoms with van der Waals surface area (Å²) in [6, 6.07) is 15.3. The molecule has 0 aromatic heterocycles. The maximum atomic E-state index is 12.8. The Bertz CT molecular complexity index is 731. The van der Waals surface area contributed by atoms with E-state index in [1.165, 1.54) is 0 Å². The molecule has 0 aliphatic carbocycles. The van der Waals surface area contributed by atoms with Crippen molar-refractivity contribution >= 4 is 11.7 Å². The van der Waals surface area contributed by atoms with Crippen LogP contribution in [0.25, 0.3) is 0 Å². The molecule has 1 aliphatic heterocycles. The number of amides is 2. The van der Waals surface area contributed by atoms with Crippen LogP contribution in [-0.2, 0) is 4.74 Å². The molecule has 0 radical (unpaired) electrons. The number of nitrogens with zero attached hydrogens (tertiary/aromatic N) is 1. The molecule has 27 heavy (non-hydrogen) atoms. The van der Waals surface area contributed by atoms with Gasteiger partial charge in [-0.15, -0.1) is 0 Å². The summed E-state index contributed by atoms with van der Waals surface area (Å²) in [5.74, 6) is 1.57. The highest BCUT2D eigenvalue weighted by molar-refractivity contribution is 5.89. The van der Waals surface area contributed by atoms with Crippen molar-refractivity contribution in [1.82, 2.24) is 4.90 Å². The molecular weight excluding hydrogens is 344 g/mol. The largest absolute Gasteiger partial charge is 0.497 e. The summed E-state index contributed by atoms with van der Waals surface area (Å²) in [6.45, 7) is 1.79. The first-order valence-electron chi connectivity index (χ1n) is 9.14. The number of hydrogen-bond acceptors (Lipinski definition) is 4. The lowest BCUT2D eigenvalue weighted by Gasteiger charge is -2.25. The Kier molecular flexibility index (Phi) is 6.54. The van der Waals surface area contributed by atoms with Gasteiger partial charge in [-0.2, -0.15) is 0 Å². The van der Waals surface area contributed by atoms with Crippen molar-refractivity contribution in [3.05, 3.63) is 54.1 Å². The Morgan fingerprint density at radius 2 is 1.74 bits per heavy atom. The van der Waals surface area contributed by atoms with Gasteiger partial charge in [-0.25, -0.2) is 4.79 Å². The smallest absolute Gasteiger partial charge is 0.322 e. The lowest BCUT2D eigenvalue weighted by atomic mass is 10.0. The standard InChI is InChI=1S/C21H26N2O4/c1-25-14-15-27-19-11-7-17(8-12-19)22-21(24)23-13-3-4-20(23)16-5-9-18(26-2)10-6-16/h5-12,20H,3-4,13-15H2,1-2H3,(H,22,24). The summed E-state index contributed by atoms with van der Waals surface area (Å²) < 4.78 is 15.7. The lowest BCUT2D eigenvalue weighted by Crippen LogP contribution is -2.34. The Morgan fingerprint density at radius 3 is 2.41 bits per heavy atom. The van der Waals surface area contributed by atoms with E-state index >= 15 is 0 Å². The summed E-state index contributed by atoms with van der Waals surface area (Å²) in [5.41, 5.74) is 1.88. The molecule has 1 aliphatic rings. The fraction of sp³-hybridized carbons (Fsp3) is 0.381. The average Bonchev–Trinajstić information content (AvgIpc) is 3.19. The van der Waals surface area contributed by atoms with Crippen molar-refractivity contribution in [2.75, 3.05) is 39.3 Å². The maximum Gasteiger partial charge on any atom is 0.322 e. The molecule has 2 aromatic rings. The predicted octanol–water partition coefficient (Wildman–Crippen LogP) is 4.09. The number of carbonyl (C=O) groups is 1. The van der Waals surface area contributed by atoms with E-state index in [0.717, 1.165) is 42.1 Å². The number of carbonyl (C=O) groups excluding carboxylic acids is 1. The van der Waals surface area contributed by atoms with Crippen molar-refractivity contribution < 1.29 is 19.0 Å². The molecule has 1 N–H and O–H groups in total. The topological polar surface area (TPSA) is 60.0 Å². The van der Waals surface area contributed by atoms with E-state index in [2.05, 4.69) is 5.32 Å². The Morgan fingerprint density at radius 1 is 1.04 bits per heavy atom. The molecule has 1 atom stereocenters. The molecule has 6 heteroatoms. The van der Waals surface area contributed by atoms with Gasteiger partial charge in [0.05, 0.1) is 19.8 Å². The third kappa shape index (κ3) is 4.92. The van der Waals surface area contributed by atoms with Crippen molar-refractivity contribution in [3.8, 4) is 11.5 Å². The van der Waals surface area contributed by atoms with Crippen molar-refractivity contribution in [3.63, 3.8) is 0 Å². The molecule has 2 amide bonds. The molecule has 0 spiro atoms. The number of benzene rings is 2. The first-order chi connectivity index (χ1) is 13.2. The fourth-order valence-electron chi connectivity index (χ4n) is 3.26. The van der Waals surface area contributed by atoms with Crippen LogP contribution >= 0.6 is 0 Å². The molecule has 1 unspecified atom stereocenters. The van der Waals surface area contributed by atoms with Crippen molar-refractivity contribution in [2.45, 2.75) is 18.9 Å². The second-order valence-electron chi connectivity index (χ2n) is 6.42. The lowest BCUT2D eigenvalue weighted by molar-refractivity contribution is 0.146. The van der Waals surface area contributed by atoms with E-state index in [4.69, 9.17) is 14.2 Å². The minimum atomic E-state index is -0.0821. The number of urea groups is 1. The molecular formula is C21H26N2O4. The SMILES string of the molecule is COCCOc1ccc(NC(=O)N2CCCC2c2ccc(OC)cc2)cc1. The van der Waals surface area contributed by atoms with Gasteiger partial charge in [0.2, 0.25) is 0 Å². The number of nitrogens with one attached hydrogen (secondary N) is 1. The van der Waals surface area contributed by atoms with Gasteiger partial charge in [-0.3, -0.25) is 0 Å². The van der Waals surface area contributed by atoms with Gasteiger partial charge >= 0.3 is 6.03 Å². The van der Waals surface area contributed by atoms with Crippen molar-refractivity contribution in [2.24, 2.45) is 0 Å². The third-order valence-electron chi connectivity index (χ3n) is 4.68. The number of rotatable bonds is 7. The van der Waals surface area contributed by atoms with Gasteiger partial charge in [-0.05, 0) is 54.8 Å². The zero-order valence-corrected chi connectivity index (χ0v) is 15.8. The first kappa shape index (κ1) is 19.0. The van der Waals surface area contributed by atoms with Gasteiger partial charge in [0.1, 0.15) is 18.1 Å². The first-order valence-corrected chi connectivity index (χ1v) is 9.14. The molecule has 3 rings (SSSR count). The predicted molar refractivity (Wildman–Crippen MR) is 105 cm³/mol. The number of methoxy groups -OCH3 is 2. The van der Waals surface area contributed by atoms with Crippen LogP contribution in [-0.4, -0.2) is 44.9 Å². The highest BCUT2D eigenvalue weighted by atomic mass is 16.5. The Labute approximate surface area is 160 Å². The second kappa shape index (κ2) is 9.28. The van der Waals surface area contributed by atoms with Crippen LogP contribution in [0.3, 0.4) is 0 Å². The number of hydrogen-bond donors (Lipinski definition) is 1. The summed E-state index contributed by atoms with van der Waals surface area (Å²) in [4.78, 5) is 14.7. The van der Waals surface area contributed by atoms with Crippen LogP contribution in [0.4, 0.5) is 10.5 Å². The normalized spacial score (nSPS) is 16.2. The van der Waals surface area contributed by atoms with Crippen LogP contribution in [0.2, 0.25) is 0 Å². The Hall–Kier alpha value is -2.73. The van der Waals surface area contributed by atoms with Crippen molar-refractivity contribution in [1.29, 1.82) is 0 Å². The van der Waals surface area contributed by atoms with Gasteiger partial charge < -0.3 is 24.4 Å². The van der Waals surface area contributed by atoms with E-state index in [9.17, 15) is 4.79 Å². The molecule has 6 nitrogen and oxygen atoms in total. The summed E-state index contributed by atoms with van der Waals surface area (Å²) in [6.07, 6.45) is 1.96. The van der Waals surface area contributed by atoms with E-state index in [1.54, 1.807) is 14.2 Å². The van der Waals surface area contributed by atoms with Crippen LogP contribution in [0.5, 0.6) is 11.5 Å². The number of anilines is 1. The highest BCUT2D eigenvalue weighted by Gasteiger charge is 2.30. The van der Waals surface area contributed by atoms with E-state index in [0.29, 0.717) is 13.2 Å². The number of ether oxygens (including phenoxy) is 3. The Balaban J connectivity index is 1.60. The molecule has 2 aromatic carbocycles. The molecule has 1 saturated heterocycles. The summed E-state index contributed by atoms with van der Waals surface area (Å²) in [5, 5.41) is 2.98. The van der Waals surface area contributed by atoms with Crippen LogP contribution in [0.15, 0.2) is 48.5 Å². The zero-order chi connectivity index (χ0) is 19.1. The minimum absolute atomic E-state index is 0.0821.